The fourth-order valence-electron chi connectivity index (χ4n) is 1.54. The smallest absolute Gasteiger partial charge is 0.128 e. The second kappa shape index (κ2) is 3.55. The molecule has 70 valence electrons. The van der Waals surface area contributed by atoms with E-state index < -0.39 is 0 Å². The second-order valence-electron chi connectivity index (χ2n) is 3.39. The Kier molecular flexibility index (Phi) is 2.42. The zero-order valence-electron chi connectivity index (χ0n) is 7.23. The number of carbonyl (C=O) groups is 1. The van der Waals surface area contributed by atoms with Crippen molar-refractivity contribution in [3.05, 3.63) is 16.6 Å². The van der Waals surface area contributed by atoms with Crippen molar-refractivity contribution in [2.75, 3.05) is 13.2 Å². The minimum Gasteiger partial charge on any atom is -0.380 e. The first-order valence-electron chi connectivity index (χ1n) is 4.27. The van der Waals surface area contributed by atoms with Crippen molar-refractivity contribution in [2.45, 2.75) is 12.8 Å². The van der Waals surface area contributed by atoms with Gasteiger partial charge < -0.3 is 9.53 Å². The summed E-state index contributed by atoms with van der Waals surface area (Å²) in [4.78, 5) is 15.1. The zero-order chi connectivity index (χ0) is 9.15. The molecule has 3 nitrogen and oxygen atoms in total. The number of ether oxygens (including phenoxy) is 1. The molecule has 1 aromatic rings. The van der Waals surface area contributed by atoms with Crippen molar-refractivity contribution < 1.29 is 9.53 Å². The van der Waals surface area contributed by atoms with Crippen LogP contribution in [-0.2, 0) is 16.0 Å². The fraction of sp³-hybridized carbons (Fsp3) is 0.556. The number of hydrogen-bond donors (Lipinski definition) is 0. The molecule has 0 saturated carbocycles. The van der Waals surface area contributed by atoms with Crippen LogP contribution in [0, 0.1) is 5.41 Å². The van der Waals surface area contributed by atoms with Gasteiger partial charge in [-0.2, -0.15) is 0 Å². The average Bonchev–Trinajstić information content (AvgIpc) is 2.77. The van der Waals surface area contributed by atoms with Crippen molar-refractivity contribution in [1.82, 2.24) is 4.98 Å². The van der Waals surface area contributed by atoms with Crippen LogP contribution in [0.1, 0.15) is 11.4 Å². The molecule has 1 unspecified atom stereocenters. The molecule has 0 aliphatic carbocycles. The predicted molar refractivity (Wildman–Crippen MR) is 49.8 cm³/mol. The molecule has 1 aromatic heterocycles. The quantitative estimate of drug-likeness (QED) is 0.685. The molecule has 0 amide bonds. The van der Waals surface area contributed by atoms with Crippen LogP contribution in [0.15, 0.2) is 11.6 Å². The van der Waals surface area contributed by atoms with Crippen molar-refractivity contribution in [3.8, 4) is 0 Å². The van der Waals surface area contributed by atoms with E-state index in [1.807, 2.05) is 5.38 Å². The van der Waals surface area contributed by atoms with E-state index in [1.165, 1.54) is 0 Å². The highest BCUT2D eigenvalue weighted by atomic mass is 32.1. The number of rotatable bonds is 3. The number of hydrogen-bond acceptors (Lipinski definition) is 4. The Labute approximate surface area is 80.8 Å². The summed E-state index contributed by atoms with van der Waals surface area (Å²) >= 11 is 1.60. The minimum atomic E-state index is -0.294. The fourth-order valence-corrected chi connectivity index (χ4v) is 2.31. The summed E-state index contributed by atoms with van der Waals surface area (Å²) in [5.41, 5.74) is -0.294. The molecule has 2 rings (SSSR count). The third kappa shape index (κ3) is 1.78. The number of nitrogens with zero attached hydrogens (tertiary/aromatic N) is 1. The van der Waals surface area contributed by atoms with Gasteiger partial charge in [0.25, 0.3) is 0 Å². The molecule has 2 heterocycles. The topological polar surface area (TPSA) is 39.2 Å². The second-order valence-corrected chi connectivity index (χ2v) is 4.36. The molecule has 13 heavy (non-hydrogen) atoms. The van der Waals surface area contributed by atoms with E-state index in [0.29, 0.717) is 13.2 Å². The van der Waals surface area contributed by atoms with Gasteiger partial charge in [0.2, 0.25) is 0 Å². The lowest BCUT2D eigenvalue weighted by Gasteiger charge is -2.17. The average molecular weight is 197 g/mol. The van der Waals surface area contributed by atoms with Gasteiger partial charge in [-0.25, -0.2) is 4.98 Å². The maximum atomic E-state index is 11.0. The van der Waals surface area contributed by atoms with Crippen LogP contribution in [0.4, 0.5) is 0 Å². The van der Waals surface area contributed by atoms with Gasteiger partial charge in [-0.15, -0.1) is 11.3 Å². The lowest BCUT2D eigenvalue weighted by Crippen LogP contribution is -2.25. The summed E-state index contributed by atoms with van der Waals surface area (Å²) in [6, 6.07) is 0. The highest BCUT2D eigenvalue weighted by molar-refractivity contribution is 7.09. The van der Waals surface area contributed by atoms with Gasteiger partial charge >= 0.3 is 0 Å². The molecular weight excluding hydrogens is 186 g/mol. The van der Waals surface area contributed by atoms with E-state index in [2.05, 4.69) is 4.98 Å². The molecule has 1 saturated heterocycles. The number of carbonyl (C=O) groups excluding carboxylic acids is 1. The number of thiazole rings is 1. The summed E-state index contributed by atoms with van der Waals surface area (Å²) in [6.45, 7) is 1.25. The first-order chi connectivity index (χ1) is 6.35. The normalized spacial score (nSPS) is 27.7. The molecular formula is C9H11NO2S. The Morgan fingerprint density at radius 2 is 2.69 bits per heavy atom. The van der Waals surface area contributed by atoms with Crippen LogP contribution in [0.3, 0.4) is 0 Å². The monoisotopic (exact) mass is 197 g/mol. The maximum Gasteiger partial charge on any atom is 0.128 e. The highest BCUT2D eigenvalue weighted by Crippen LogP contribution is 2.30. The van der Waals surface area contributed by atoms with Gasteiger partial charge in [-0.05, 0) is 6.42 Å². The zero-order valence-corrected chi connectivity index (χ0v) is 8.05. The van der Waals surface area contributed by atoms with Crippen LogP contribution in [0.25, 0.3) is 0 Å². The van der Waals surface area contributed by atoms with Gasteiger partial charge in [0.15, 0.2) is 0 Å². The van der Waals surface area contributed by atoms with E-state index in [0.717, 1.165) is 24.1 Å². The predicted octanol–water partition coefficient (Wildman–Crippen LogP) is 1.29. The molecule has 0 radical (unpaired) electrons. The SMILES string of the molecule is O=CC1(Cc2nccs2)CCOC1. The van der Waals surface area contributed by atoms with Crippen molar-refractivity contribution in [3.63, 3.8) is 0 Å². The van der Waals surface area contributed by atoms with Crippen LogP contribution < -0.4 is 0 Å². The minimum absolute atomic E-state index is 0.294. The Morgan fingerprint density at radius 3 is 3.23 bits per heavy atom. The lowest BCUT2D eigenvalue weighted by atomic mass is 9.86. The van der Waals surface area contributed by atoms with Gasteiger partial charge in [0.05, 0.1) is 17.0 Å². The standard InChI is InChI=1S/C9H11NO2S/c11-6-9(1-3-12-7-9)5-8-10-2-4-13-8/h2,4,6H,1,3,5,7H2. The van der Waals surface area contributed by atoms with Crippen LogP contribution in [-0.4, -0.2) is 24.5 Å². The van der Waals surface area contributed by atoms with E-state index in [4.69, 9.17) is 4.74 Å². The molecule has 4 heteroatoms. The largest absolute Gasteiger partial charge is 0.380 e. The van der Waals surface area contributed by atoms with E-state index >= 15 is 0 Å². The lowest BCUT2D eigenvalue weighted by molar-refractivity contribution is -0.116. The molecule has 0 N–H and O–H groups in total. The van der Waals surface area contributed by atoms with Crippen LogP contribution >= 0.6 is 11.3 Å². The highest BCUT2D eigenvalue weighted by Gasteiger charge is 2.35. The summed E-state index contributed by atoms with van der Waals surface area (Å²) < 4.78 is 5.25. The van der Waals surface area contributed by atoms with Gasteiger partial charge in [0.1, 0.15) is 6.29 Å². The number of aromatic nitrogens is 1. The first-order valence-corrected chi connectivity index (χ1v) is 5.15. The third-order valence-electron chi connectivity index (χ3n) is 2.37. The molecule has 0 aromatic carbocycles. The summed E-state index contributed by atoms with van der Waals surface area (Å²) in [6.07, 6.45) is 4.36. The molecule has 1 fully saturated rings. The number of aldehydes is 1. The third-order valence-corrected chi connectivity index (χ3v) is 3.15. The maximum absolute atomic E-state index is 11.0. The summed E-state index contributed by atoms with van der Waals surface area (Å²) in [7, 11) is 0. The van der Waals surface area contributed by atoms with Gasteiger partial charge in [0, 0.05) is 24.6 Å². The molecule has 0 bridgehead atoms. The Hall–Kier alpha value is -0.740. The van der Waals surface area contributed by atoms with Gasteiger partial charge in [-0.1, -0.05) is 0 Å². The molecule has 0 spiro atoms. The molecule has 1 aliphatic rings. The van der Waals surface area contributed by atoms with Crippen molar-refractivity contribution in [1.29, 1.82) is 0 Å². The molecule has 1 atom stereocenters. The summed E-state index contributed by atoms with van der Waals surface area (Å²) in [5, 5.41) is 2.96. The summed E-state index contributed by atoms with van der Waals surface area (Å²) in [5.74, 6) is 0. The van der Waals surface area contributed by atoms with E-state index in [-0.39, 0.29) is 5.41 Å². The van der Waals surface area contributed by atoms with Crippen LogP contribution in [0.5, 0.6) is 0 Å². The first kappa shape index (κ1) is 8.84. The Morgan fingerprint density at radius 1 is 1.77 bits per heavy atom. The van der Waals surface area contributed by atoms with Crippen molar-refractivity contribution >= 4 is 17.6 Å². The molecule has 1 aliphatic heterocycles. The van der Waals surface area contributed by atoms with E-state index in [1.54, 1.807) is 17.5 Å². The Bertz CT molecular complexity index is 278. The Balaban J connectivity index is 2.10. The van der Waals surface area contributed by atoms with Crippen molar-refractivity contribution in [2.24, 2.45) is 5.41 Å². The van der Waals surface area contributed by atoms with E-state index in [9.17, 15) is 4.79 Å². The van der Waals surface area contributed by atoms with Crippen LogP contribution in [0.2, 0.25) is 0 Å². The van der Waals surface area contributed by atoms with Gasteiger partial charge in [-0.3, -0.25) is 0 Å².